The molecule has 3 nitrogen and oxygen atoms in total. The summed E-state index contributed by atoms with van der Waals surface area (Å²) in [5.74, 6) is 0.762. The highest BCUT2D eigenvalue weighted by molar-refractivity contribution is 7.09. The van der Waals surface area contributed by atoms with E-state index in [0.717, 1.165) is 16.5 Å². The van der Waals surface area contributed by atoms with Crippen LogP contribution in [0.25, 0.3) is 0 Å². The molecule has 0 saturated heterocycles. The van der Waals surface area contributed by atoms with Crippen molar-refractivity contribution in [3.63, 3.8) is 0 Å². The van der Waals surface area contributed by atoms with Gasteiger partial charge in [0.1, 0.15) is 5.82 Å². The van der Waals surface area contributed by atoms with E-state index in [1.807, 2.05) is 18.2 Å². The zero-order valence-corrected chi connectivity index (χ0v) is 11.8. The molecule has 0 amide bonds. The number of halogens is 2. The summed E-state index contributed by atoms with van der Waals surface area (Å²) in [6, 6.07) is 6.09. The molecule has 1 fully saturated rings. The van der Waals surface area contributed by atoms with Gasteiger partial charge in [0, 0.05) is 34.0 Å². The zero-order chi connectivity index (χ0) is 12.5. The van der Waals surface area contributed by atoms with Gasteiger partial charge in [0.25, 0.3) is 0 Å². The average Bonchev–Trinajstić information content (AvgIpc) is 3.03. The third kappa shape index (κ3) is 2.76. The first kappa shape index (κ1) is 12.2. The Bertz CT molecular complexity index is 546. The van der Waals surface area contributed by atoms with E-state index in [4.69, 9.17) is 23.2 Å². The van der Waals surface area contributed by atoms with E-state index in [1.54, 1.807) is 0 Å². The molecule has 2 aromatic rings. The number of aromatic nitrogens is 2. The number of hydrogen-bond acceptors (Lipinski definition) is 4. The van der Waals surface area contributed by atoms with Gasteiger partial charge in [-0.1, -0.05) is 29.3 Å². The second kappa shape index (κ2) is 5.03. The van der Waals surface area contributed by atoms with Crippen LogP contribution in [0.15, 0.2) is 18.2 Å². The number of nitrogens with one attached hydrogen (secondary N) is 1. The molecule has 18 heavy (non-hydrogen) atoms. The minimum atomic E-state index is 0.571. The van der Waals surface area contributed by atoms with Crippen LogP contribution in [0.4, 0.5) is 5.13 Å². The van der Waals surface area contributed by atoms with E-state index < -0.39 is 0 Å². The quantitative estimate of drug-likeness (QED) is 0.927. The summed E-state index contributed by atoms with van der Waals surface area (Å²) in [7, 11) is 0. The number of nitrogens with zero attached hydrogens (tertiary/aromatic N) is 2. The number of benzene rings is 1. The molecule has 0 aliphatic heterocycles. The third-order valence-corrected chi connectivity index (χ3v) is 4.16. The van der Waals surface area contributed by atoms with E-state index in [1.165, 1.54) is 24.4 Å². The highest BCUT2D eigenvalue weighted by atomic mass is 35.5. The fourth-order valence-corrected chi connectivity index (χ4v) is 2.84. The van der Waals surface area contributed by atoms with Gasteiger partial charge < -0.3 is 5.32 Å². The predicted octanol–water partition coefficient (Wildman–Crippen LogP) is 4.01. The van der Waals surface area contributed by atoms with Crippen molar-refractivity contribution >= 4 is 39.9 Å². The molecule has 1 heterocycles. The van der Waals surface area contributed by atoms with Crippen LogP contribution in [0.3, 0.4) is 0 Å². The van der Waals surface area contributed by atoms with Crippen LogP contribution in [0.1, 0.15) is 24.2 Å². The first-order valence-electron chi connectivity index (χ1n) is 5.74. The molecule has 1 saturated carbocycles. The normalized spacial score (nSPS) is 14.8. The van der Waals surface area contributed by atoms with Gasteiger partial charge in [-0.05, 0) is 30.5 Å². The SMILES string of the molecule is Clc1cccc(Cl)c1Cc1nsc(NC2CC2)n1. The largest absolute Gasteiger partial charge is 0.358 e. The molecule has 0 atom stereocenters. The molecule has 0 bridgehead atoms. The van der Waals surface area contributed by atoms with E-state index in [0.29, 0.717) is 22.5 Å². The van der Waals surface area contributed by atoms with Crippen molar-refractivity contribution in [3.8, 4) is 0 Å². The summed E-state index contributed by atoms with van der Waals surface area (Å²) in [4.78, 5) is 4.45. The van der Waals surface area contributed by atoms with Crippen LogP contribution in [0.2, 0.25) is 10.0 Å². The molecule has 0 spiro atoms. The summed E-state index contributed by atoms with van der Waals surface area (Å²) < 4.78 is 4.33. The van der Waals surface area contributed by atoms with Crippen molar-refractivity contribution in [1.82, 2.24) is 9.36 Å². The molecule has 0 unspecified atom stereocenters. The topological polar surface area (TPSA) is 37.8 Å². The van der Waals surface area contributed by atoms with Crippen molar-refractivity contribution in [2.24, 2.45) is 0 Å². The maximum atomic E-state index is 6.13. The fourth-order valence-electron chi connectivity index (χ4n) is 1.65. The Kier molecular flexibility index (Phi) is 3.41. The Morgan fingerprint density at radius 1 is 1.28 bits per heavy atom. The maximum absolute atomic E-state index is 6.13. The Labute approximate surface area is 119 Å². The highest BCUT2D eigenvalue weighted by Crippen LogP contribution is 2.28. The maximum Gasteiger partial charge on any atom is 0.202 e. The Morgan fingerprint density at radius 2 is 2.00 bits per heavy atom. The minimum absolute atomic E-state index is 0.571. The van der Waals surface area contributed by atoms with Crippen LogP contribution < -0.4 is 5.32 Å². The summed E-state index contributed by atoms with van der Waals surface area (Å²) in [5.41, 5.74) is 0.886. The second-order valence-electron chi connectivity index (χ2n) is 4.31. The lowest BCUT2D eigenvalue weighted by Crippen LogP contribution is -2.00. The summed E-state index contributed by atoms with van der Waals surface area (Å²) in [6.45, 7) is 0. The molecule has 6 heteroatoms. The summed E-state index contributed by atoms with van der Waals surface area (Å²) in [6.07, 6.45) is 3.03. The van der Waals surface area contributed by atoms with Crippen molar-refractivity contribution < 1.29 is 0 Å². The molecule has 1 aromatic heterocycles. The van der Waals surface area contributed by atoms with Gasteiger partial charge >= 0.3 is 0 Å². The number of anilines is 1. The lowest BCUT2D eigenvalue weighted by molar-refractivity contribution is 1.03. The van der Waals surface area contributed by atoms with E-state index >= 15 is 0 Å². The molecular formula is C12H11Cl2N3S. The van der Waals surface area contributed by atoms with Crippen LogP contribution >= 0.6 is 34.7 Å². The smallest absolute Gasteiger partial charge is 0.202 e. The molecule has 94 valence electrons. The summed E-state index contributed by atoms with van der Waals surface area (Å²) in [5, 5.41) is 5.54. The van der Waals surface area contributed by atoms with E-state index in [2.05, 4.69) is 14.7 Å². The van der Waals surface area contributed by atoms with Crippen molar-refractivity contribution in [3.05, 3.63) is 39.6 Å². The van der Waals surface area contributed by atoms with Crippen LogP contribution in [-0.2, 0) is 6.42 Å². The van der Waals surface area contributed by atoms with Crippen molar-refractivity contribution in [2.75, 3.05) is 5.32 Å². The van der Waals surface area contributed by atoms with Gasteiger partial charge in [-0.3, -0.25) is 0 Å². The average molecular weight is 300 g/mol. The molecule has 0 radical (unpaired) electrons. The van der Waals surface area contributed by atoms with Gasteiger partial charge in [-0.15, -0.1) is 0 Å². The number of rotatable bonds is 4. The standard InChI is InChI=1S/C12H11Cl2N3S/c13-9-2-1-3-10(14)8(9)6-11-16-12(18-17-11)15-7-4-5-7/h1-3,7H,4-6H2,(H,15,16,17). The van der Waals surface area contributed by atoms with Crippen LogP contribution in [0, 0.1) is 0 Å². The molecule has 1 aliphatic carbocycles. The lowest BCUT2D eigenvalue weighted by Gasteiger charge is -2.03. The van der Waals surface area contributed by atoms with Crippen molar-refractivity contribution in [1.29, 1.82) is 0 Å². The molecule has 3 rings (SSSR count). The Balaban J connectivity index is 1.76. The first-order chi connectivity index (χ1) is 8.72. The molecule has 1 N–H and O–H groups in total. The molecular weight excluding hydrogens is 289 g/mol. The number of hydrogen-bond donors (Lipinski definition) is 1. The van der Waals surface area contributed by atoms with E-state index in [-0.39, 0.29) is 0 Å². The fraction of sp³-hybridized carbons (Fsp3) is 0.333. The van der Waals surface area contributed by atoms with Gasteiger partial charge in [-0.25, -0.2) is 4.98 Å². The van der Waals surface area contributed by atoms with Crippen molar-refractivity contribution in [2.45, 2.75) is 25.3 Å². The first-order valence-corrected chi connectivity index (χ1v) is 7.27. The molecule has 1 aromatic carbocycles. The second-order valence-corrected chi connectivity index (χ2v) is 5.88. The Hall–Kier alpha value is -0.840. The van der Waals surface area contributed by atoms with Crippen LogP contribution in [0.5, 0.6) is 0 Å². The third-order valence-electron chi connectivity index (χ3n) is 2.77. The van der Waals surface area contributed by atoms with Gasteiger partial charge in [0.15, 0.2) is 0 Å². The lowest BCUT2D eigenvalue weighted by atomic mass is 10.1. The Morgan fingerprint density at radius 3 is 2.67 bits per heavy atom. The van der Waals surface area contributed by atoms with Gasteiger partial charge in [0.2, 0.25) is 5.13 Å². The summed E-state index contributed by atoms with van der Waals surface area (Å²) >= 11 is 13.6. The molecule has 1 aliphatic rings. The minimum Gasteiger partial charge on any atom is -0.358 e. The predicted molar refractivity (Wildman–Crippen MR) is 75.8 cm³/mol. The highest BCUT2D eigenvalue weighted by Gasteiger charge is 2.22. The monoisotopic (exact) mass is 299 g/mol. The van der Waals surface area contributed by atoms with Gasteiger partial charge in [-0.2, -0.15) is 4.37 Å². The van der Waals surface area contributed by atoms with E-state index in [9.17, 15) is 0 Å². The zero-order valence-electron chi connectivity index (χ0n) is 9.49. The van der Waals surface area contributed by atoms with Gasteiger partial charge in [0.05, 0.1) is 0 Å². The van der Waals surface area contributed by atoms with Crippen LogP contribution in [-0.4, -0.2) is 15.4 Å².